The highest BCUT2D eigenvalue weighted by Gasteiger charge is 2.52. The maximum atomic E-state index is 12.1. The fourth-order valence-corrected chi connectivity index (χ4v) is 2.17. The van der Waals surface area contributed by atoms with Crippen molar-refractivity contribution in [2.45, 2.75) is 0 Å². The molecule has 3 rings (SSSR count). The van der Waals surface area contributed by atoms with Gasteiger partial charge in [-0.15, -0.1) is 0 Å². The van der Waals surface area contributed by atoms with Crippen molar-refractivity contribution in [2.75, 3.05) is 0 Å². The van der Waals surface area contributed by atoms with Crippen molar-refractivity contribution in [2.24, 2.45) is 0 Å². The molecular weight excluding hydrogens is 230 g/mol. The maximum absolute atomic E-state index is 12.1. The van der Waals surface area contributed by atoms with Crippen LogP contribution in [0.4, 0.5) is 16.2 Å². The number of para-hydroxylation sites is 3. The van der Waals surface area contributed by atoms with Crippen LogP contribution in [0.3, 0.4) is 0 Å². The molecule has 0 fully saturated rings. The topological polar surface area (TPSA) is 43.4 Å². The van der Waals surface area contributed by atoms with Crippen molar-refractivity contribution in [3.05, 3.63) is 54.6 Å². The second-order valence-corrected chi connectivity index (χ2v) is 4.00. The predicted molar refractivity (Wildman–Crippen MR) is 66.4 cm³/mol. The maximum Gasteiger partial charge on any atom is 0.539 e. The molecular formula is C14H10NO3+. The van der Waals surface area contributed by atoms with E-state index in [1.165, 1.54) is 0 Å². The molecule has 0 aromatic heterocycles. The third-order valence-electron chi connectivity index (χ3n) is 3.05. The zero-order valence-corrected chi connectivity index (χ0v) is 9.45. The number of hydrogen-bond donors (Lipinski definition) is 0. The first-order chi connectivity index (χ1) is 8.79. The van der Waals surface area contributed by atoms with Crippen molar-refractivity contribution in [1.82, 2.24) is 4.48 Å². The lowest BCUT2D eigenvalue weighted by atomic mass is 10.2. The van der Waals surface area contributed by atoms with Crippen LogP contribution in [0.15, 0.2) is 54.6 Å². The van der Waals surface area contributed by atoms with Gasteiger partial charge < -0.3 is 4.74 Å². The molecule has 4 nitrogen and oxygen atoms in total. The van der Waals surface area contributed by atoms with E-state index in [2.05, 4.69) is 0 Å². The van der Waals surface area contributed by atoms with Crippen LogP contribution in [0.5, 0.6) is 5.75 Å². The number of nitrogens with zero attached hydrogens (tertiary/aromatic N) is 1. The molecule has 2 amide bonds. The van der Waals surface area contributed by atoms with E-state index in [1.54, 1.807) is 48.5 Å². The predicted octanol–water partition coefficient (Wildman–Crippen LogP) is 2.99. The lowest BCUT2D eigenvalue weighted by Crippen LogP contribution is -2.46. The van der Waals surface area contributed by atoms with Crippen LogP contribution >= 0.6 is 0 Å². The van der Waals surface area contributed by atoms with Crippen molar-refractivity contribution in [3.63, 3.8) is 0 Å². The number of ether oxygens (including phenoxy) is 1. The Bertz CT molecular complexity index is 624. The molecule has 2 aromatic carbocycles. The van der Waals surface area contributed by atoms with Crippen LogP contribution in [0.25, 0.3) is 0 Å². The van der Waals surface area contributed by atoms with E-state index in [1.807, 2.05) is 6.07 Å². The lowest BCUT2D eigenvalue weighted by molar-refractivity contribution is -0.113. The Morgan fingerprint density at radius 1 is 0.944 bits per heavy atom. The Hall–Kier alpha value is -2.46. The summed E-state index contributed by atoms with van der Waals surface area (Å²) in [7, 11) is 0. The highest BCUT2D eigenvalue weighted by atomic mass is 16.6. The first-order valence-electron chi connectivity index (χ1n) is 5.52. The average molecular weight is 240 g/mol. The highest BCUT2D eigenvalue weighted by molar-refractivity contribution is 6.09. The molecule has 1 aliphatic heterocycles. The van der Waals surface area contributed by atoms with E-state index < -0.39 is 10.6 Å². The van der Waals surface area contributed by atoms with Gasteiger partial charge in [0.05, 0.1) is 0 Å². The normalized spacial score (nSPS) is 21.2. The van der Waals surface area contributed by atoms with Crippen LogP contribution in [0, 0.1) is 0 Å². The SMILES string of the molecule is O=C[N+]1(c2ccccc2)C(=O)Oc2ccccc21. The van der Waals surface area contributed by atoms with E-state index >= 15 is 0 Å². The number of imide groups is 1. The Balaban J connectivity index is 2.30. The Kier molecular flexibility index (Phi) is 2.25. The first kappa shape index (κ1) is 10.7. The van der Waals surface area contributed by atoms with E-state index in [4.69, 9.17) is 4.74 Å². The molecule has 0 N–H and O–H groups in total. The summed E-state index contributed by atoms with van der Waals surface area (Å²) < 4.78 is 4.63. The third-order valence-corrected chi connectivity index (χ3v) is 3.05. The van der Waals surface area contributed by atoms with Gasteiger partial charge >= 0.3 is 12.5 Å². The number of rotatable bonds is 2. The van der Waals surface area contributed by atoms with E-state index in [0.717, 1.165) is 0 Å². The monoisotopic (exact) mass is 240 g/mol. The quantitative estimate of drug-likeness (QED) is 0.598. The molecule has 0 bridgehead atoms. The van der Waals surface area contributed by atoms with Crippen LogP contribution in [0.2, 0.25) is 0 Å². The second kappa shape index (κ2) is 3.78. The minimum absolute atomic E-state index is 0.429. The van der Waals surface area contributed by atoms with Crippen molar-refractivity contribution >= 4 is 23.9 Å². The summed E-state index contributed by atoms with van der Waals surface area (Å²) in [5.74, 6) is 0.429. The summed E-state index contributed by atoms with van der Waals surface area (Å²) in [6, 6.07) is 15.8. The lowest BCUT2D eigenvalue weighted by Gasteiger charge is -2.19. The molecule has 88 valence electrons. The van der Waals surface area contributed by atoms with Crippen LogP contribution in [0.1, 0.15) is 0 Å². The largest absolute Gasteiger partial charge is 0.539 e. The van der Waals surface area contributed by atoms with Gasteiger partial charge in [-0.3, -0.25) is 0 Å². The number of carbonyl (C=O) groups excluding carboxylic acids is 2. The van der Waals surface area contributed by atoms with Gasteiger partial charge in [-0.1, -0.05) is 34.8 Å². The van der Waals surface area contributed by atoms with Crippen LogP contribution in [-0.4, -0.2) is 12.5 Å². The number of carbonyl (C=O) groups is 2. The molecule has 0 saturated heterocycles. The number of quaternary nitrogens is 1. The molecule has 1 unspecified atom stereocenters. The van der Waals surface area contributed by atoms with Crippen molar-refractivity contribution in [1.29, 1.82) is 0 Å². The summed E-state index contributed by atoms with van der Waals surface area (Å²) in [5.41, 5.74) is 1.12. The van der Waals surface area contributed by atoms with Gasteiger partial charge in [0.15, 0.2) is 17.1 Å². The fourth-order valence-electron chi connectivity index (χ4n) is 2.17. The smallest absolute Gasteiger partial charge is 0.373 e. The molecule has 1 aliphatic rings. The Morgan fingerprint density at radius 2 is 1.61 bits per heavy atom. The molecule has 0 saturated carbocycles. The minimum atomic E-state index is -0.600. The molecule has 1 heterocycles. The Labute approximate surface area is 104 Å². The molecule has 4 heteroatoms. The number of fused-ring (bicyclic) bond motifs is 1. The summed E-state index contributed by atoms with van der Waals surface area (Å²) in [6.07, 6.45) is 0.00106. The highest BCUT2D eigenvalue weighted by Crippen LogP contribution is 2.45. The second-order valence-electron chi connectivity index (χ2n) is 4.00. The number of benzene rings is 2. The number of amides is 2. The van der Waals surface area contributed by atoms with Crippen LogP contribution in [-0.2, 0) is 4.79 Å². The van der Waals surface area contributed by atoms with Gasteiger partial charge in [-0.25, -0.2) is 4.79 Å². The molecule has 0 radical (unpaired) electrons. The number of hydrogen-bond acceptors (Lipinski definition) is 3. The molecule has 0 aliphatic carbocycles. The van der Waals surface area contributed by atoms with E-state index in [0.29, 0.717) is 23.5 Å². The third kappa shape index (κ3) is 1.23. The van der Waals surface area contributed by atoms with Gasteiger partial charge in [-0.2, -0.15) is 4.79 Å². The van der Waals surface area contributed by atoms with E-state index in [9.17, 15) is 9.59 Å². The summed E-state index contributed by atoms with van der Waals surface area (Å²) in [6.45, 7) is 0. The molecule has 18 heavy (non-hydrogen) atoms. The standard InChI is InChI=1S/C14H10NO3/c16-10-15(11-6-2-1-3-7-11)12-8-4-5-9-13(12)18-14(15)17/h1-10H/q+1. The van der Waals surface area contributed by atoms with E-state index in [-0.39, 0.29) is 0 Å². The minimum Gasteiger partial charge on any atom is -0.373 e. The zero-order valence-electron chi connectivity index (χ0n) is 9.45. The molecule has 2 aromatic rings. The van der Waals surface area contributed by atoms with Crippen LogP contribution < -0.4 is 9.22 Å². The van der Waals surface area contributed by atoms with Gasteiger partial charge in [0.1, 0.15) is 0 Å². The zero-order chi connectivity index (χ0) is 12.6. The molecule has 1 atom stereocenters. The van der Waals surface area contributed by atoms with Crippen molar-refractivity contribution < 1.29 is 14.3 Å². The van der Waals surface area contributed by atoms with Gasteiger partial charge in [0.25, 0.3) is 0 Å². The van der Waals surface area contributed by atoms with Gasteiger partial charge in [0.2, 0.25) is 0 Å². The summed E-state index contributed by atoms with van der Waals surface area (Å²) in [5, 5.41) is 0. The van der Waals surface area contributed by atoms with Gasteiger partial charge in [0, 0.05) is 18.2 Å². The van der Waals surface area contributed by atoms with Crippen molar-refractivity contribution in [3.8, 4) is 5.75 Å². The Morgan fingerprint density at radius 3 is 2.33 bits per heavy atom. The first-order valence-corrected chi connectivity index (χ1v) is 5.52. The van der Waals surface area contributed by atoms with Gasteiger partial charge in [-0.05, 0) is 6.07 Å². The summed E-state index contributed by atoms with van der Waals surface area (Å²) in [4.78, 5) is 23.7. The average Bonchev–Trinajstić information content (AvgIpc) is 2.72. The summed E-state index contributed by atoms with van der Waals surface area (Å²) >= 11 is 0. The molecule has 0 spiro atoms. The fraction of sp³-hybridized carbons (Fsp3) is 0.